The quantitative estimate of drug-likeness (QED) is 0.303. The molecule has 9 nitrogen and oxygen atoms in total. The predicted octanol–water partition coefficient (Wildman–Crippen LogP) is 0.631. The summed E-state index contributed by atoms with van der Waals surface area (Å²) in [5, 5.41) is 14.0. The van der Waals surface area contributed by atoms with Crippen molar-refractivity contribution in [2.24, 2.45) is 16.7 Å². The van der Waals surface area contributed by atoms with Gasteiger partial charge in [-0.2, -0.15) is 0 Å². The first-order valence-corrected chi connectivity index (χ1v) is 8.07. The van der Waals surface area contributed by atoms with Gasteiger partial charge in [0.15, 0.2) is 5.84 Å². The molecule has 1 aromatic carbocycles. The highest BCUT2D eigenvalue weighted by atomic mass is 19.1. The molecule has 0 saturated carbocycles. The molecule has 10 heteroatoms. The molecule has 0 bridgehead atoms. The average molecular weight is 374 g/mol. The van der Waals surface area contributed by atoms with Gasteiger partial charge in [0, 0.05) is 24.4 Å². The highest BCUT2D eigenvalue weighted by Gasteiger charge is 2.32. The largest absolute Gasteiger partial charge is 0.441 e. The Morgan fingerprint density at radius 3 is 2.81 bits per heavy atom. The lowest BCUT2D eigenvalue weighted by Gasteiger charge is -2.14. The number of carbonyl (C=O) groups excluding carboxylic acids is 1. The zero-order valence-electron chi connectivity index (χ0n) is 14.5. The second-order valence-corrected chi connectivity index (χ2v) is 5.95. The van der Waals surface area contributed by atoms with Gasteiger partial charge in [-0.25, -0.2) is 20.1 Å². The Balaban J connectivity index is 1.83. The maximum atomic E-state index is 14.6. The molecule has 3 rings (SSSR count). The summed E-state index contributed by atoms with van der Waals surface area (Å²) in [5.74, 6) is 5.01. The monoisotopic (exact) mass is 374 g/mol. The van der Waals surface area contributed by atoms with Crippen molar-refractivity contribution in [2.45, 2.75) is 6.10 Å². The number of anilines is 1. The van der Waals surface area contributed by atoms with Crippen molar-refractivity contribution < 1.29 is 19.0 Å². The van der Waals surface area contributed by atoms with Gasteiger partial charge in [0.05, 0.1) is 18.8 Å². The standard InChI is InChI=1S/C17H19FN6O3/c1-23(20)22-16(19)15-5-2-10(7-21-15)13-4-3-11(6-14(13)18)24-8-12(9-25)27-17(24)26/h2-7,12,25H,8-9,20H2,1H3,(H2,19,22). The maximum Gasteiger partial charge on any atom is 0.414 e. The summed E-state index contributed by atoms with van der Waals surface area (Å²) >= 11 is 0. The Bertz CT molecular complexity index is 871. The number of carbonyl (C=O) groups is 1. The van der Waals surface area contributed by atoms with Gasteiger partial charge in [0.1, 0.15) is 17.6 Å². The fourth-order valence-corrected chi connectivity index (χ4v) is 2.66. The van der Waals surface area contributed by atoms with Crippen molar-refractivity contribution in [3.8, 4) is 11.1 Å². The Hall–Kier alpha value is -3.24. The number of aliphatic hydroxyl groups is 1. The van der Waals surface area contributed by atoms with Crippen molar-refractivity contribution in [2.75, 3.05) is 25.1 Å². The summed E-state index contributed by atoms with van der Waals surface area (Å²) in [6.45, 7) is -0.119. The van der Waals surface area contributed by atoms with E-state index in [2.05, 4.69) is 10.1 Å². The van der Waals surface area contributed by atoms with Crippen LogP contribution in [0.25, 0.3) is 11.1 Å². The number of halogens is 1. The number of aliphatic hydroxyl groups excluding tert-OH is 1. The lowest BCUT2D eigenvalue weighted by Crippen LogP contribution is -2.26. The van der Waals surface area contributed by atoms with E-state index in [1.165, 1.54) is 24.2 Å². The third kappa shape index (κ3) is 3.96. The van der Waals surface area contributed by atoms with Crippen molar-refractivity contribution in [3.63, 3.8) is 0 Å². The number of hydrazine groups is 1. The molecular weight excluding hydrogens is 355 g/mol. The van der Waals surface area contributed by atoms with Gasteiger partial charge in [0.25, 0.3) is 0 Å². The molecule has 1 aromatic heterocycles. The lowest BCUT2D eigenvalue weighted by atomic mass is 10.1. The number of nitrogens with two attached hydrogens (primary N) is 2. The summed E-state index contributed by atoms with van der Waals surface area (Å²) in [4.78, 5) is 17.3. The number of amides is 1. The van der Waals surface area contributed by atoms with E-state index in [9.17, 15) is 9.18 Å². The zero-order valence-corrected chi connectivity index (χ0v) is 14.5. The minimum absolute atomic E-state index is 0.133. The SMILES string of the molecule is CN(N)/N=C(\N)c1ccc(-c2ccc(N3CC(CO)OC3=O)cc2F)cn1. The minimum atomic E-state index is -0.619. The fourth-order valence-electron chi connectivity index (χ4n) is 2.66. The molecule has 5 N–H and O–H groups in total. The van der Waals surface area contributed by atoms with Gasteiger partial charge in [-0.1, -0.05) is 6.07 Å². The molecule has 142 valence electrons. The van der Waals surface area contributed by atoms with Crippen LogP contribution in [-0.4, -0.2) is 53.4 Å². The van der Waals surface area contributed by atoms with Gasteiger partial charge in [-0.15, -0.1) is 5.10 Å². The number of hydrazone groups is 1. The number of rotatable bonds is 5. The number of nitrogens with zero attached hydrogens (tertiary/aromatic N) is 4. The molecule has 0 radical (unpaired) electrons. The van der Waals surface area contributed by atoms with Crippen LogP contribution in [0.1, 0.15) is 5.69 Å². The first-order valence-electron chi connectivity index (χ1n) is 8.07. The molecule has 2 aromatic rings. The van der Waals surface area contributed by atoms with Gasteiger partial charge < -0.3 is 15.6 Å². The zero-order chi connectivity index (χ0) is 19.6. The number of aromatic nitrogens is 1. The van der Waals surface area contributed by atoms with Gasteiger partial charge in [-0.3, -0.25) is 9.88 Å². The predicted molar refractivity (Wildman–Crippen MR) is 97.0 cm³/mol. The summed E-state index contributed by atoms with van der Waals surface area (Å²) in [5.41, 5.74) is 7.37. The highest BCUT2D eigenvalue weighted by molar-refractivity contribution is 5.95. The van der Waals surface area contributed by atoms with Crippen molar-refractivity contribution in [3.05, 3.63) is 48.0 Å². The number of amidine groups is 1. The number of ether oxygens (including phenoxy) is 1. The first-order chi connectivity index (χ1) is 12.9. The molecule has 1 atom stereocenters. The van der Waals surface area contributed by atoms with Crippen LogP contribution in [0.4, 0.5) is 14.9 Å². The summed E-state index contributed by atoms with van der Waals surface area (Å²) in [7, 11) is 1.52. The number of benzene rings is 1. The Morgan fingerprint density at radius 2 is 2.26 bits per heavy atom. The molecule has 1 aliphatic rings. The second kappa shape index (κ2) is 7.56. The molecule has 1 unspecified atom stereocenters. The number of pyridine rings is 1. The van der Waals surface area contributed by atoms with Crippen molar-refractivity contribution >= 4 is 17.6 Å². The Morgan fingerprint density at radius 1 is 1.48 bits per heavy atom. The maximum absolute atomic E-state index is 14.6. The van der Waals surface area contributed by atoms with Crippen LogP contribution in [-0.2, 0) is 4.74 Å². The van der Waals surface area contributed by atoms with E-state index < -0.39 is 18.0 Å². The third-order valence-electron chi connectivity index (χ3n) is 3.94. The molecule has 27 heavy (non-hydrogen) atoms. The third-order valence-corrected chi connectivity index (χ3v) is 3.94. The van der Waals surface area contributed by atoms with Gasteiger partial charge in [0.2, 0.25) is 0 Å². The van der Waals surface area contributed by atoms with E-state index in [4.69, 9.17) is 21.4 Å². The topological polar surface area (TPSA) is 130 Å². The van der Waals surface area contributed by atoms with E-state index in [1.54, 1.807) is 24.3 Å². The number of hydrogen-bond donors (Lipinski definition) is 3. The van der Waals surface area contributed by atoms with E-state index in [0.717, 1.165) is 5.12 Å². The molecule has 2 heterocycles. The summed E-state index contributed by atoms with van der Waals surface area (Å²) in [6, 6.07) is 7.65. The Kier molecular flexibility index (Phi) is 5.19. The number of hydrogen-bond acceptors (Lipinski definition) is 7. The molecule has 1 saturated heterocycles. The molecule has 1 aliphatic heterocycles. The van der Waals surface area contributed by atoms with Crippen LogP contribution in [0.15, 0.2) is 41.6 Å². The van der Waals surface area contributed by atoms with Crippen LogP contribution >= 0.6 is 0 Å². The average Bonchev–Trinajstić information content (AvgIpc) is 3.02. The lowest BCUT2D eigenvalue weighted by molar-refractivity contribution is 0.0963. The van der Waals surface area contributed by atoms with Gasteiger partial charge in [-0.05, 0) is 24.3 Å². The molecular formula is C17H19FN6O3. The normalized spacial score (nSPS) is 17.2. The van der Waals surface area contributed by atoms with Crippen LogP contribution < -0.4 is 16.5 Å². The van der Waals surface area contributed by atoms with Crippen LogP contribution in [0.5, 0.6) is 0 Å². The van der Waals surface area contributed by atoms with Crippen molar-refractivity contribution in [1.29, 1.82) is 0 Å². The van der Waals surface area contributed by atoms with Gasteiger partial charge >= 0.3 is 6.09 Å². The molecule has 1 fully saturated rings. The Labute approximate surface area is 154 Å². The van der Waals surface area contributed by atoms with Crippen LogP contribution in [0.3, 0.4) is 0 Å². The molecule has 0 spiro atoms. The molecule has 0 aliphatic carbocycles. The number of cyclic esters (lactones) is 1. The summed E-state index contributed by atoms with van der Waals surface area (Å²) < 4.78 is 19.6. The van der Waals surface area contributed by atoms with Crippen LogP contribution in [0, 0.1) is 5.82 Å². The van der Waals surface area contributed by atoms with E-state index >= 15 is 0 Å². The first kappa shape index (κ1) is 18.5. The highest BCUT2D eigenvalue weighted by Crippen LogP contribution is 2.28. The minimum Gasteiger partial charge on any atom is -0.441 e. The second-order valence-electron chi connectivity index (χ2n) is 5.95. The van der Waals surface area contributed by atoms with E-state index in [1.807, 2.05) is 0 Å². The molecule has 1 amide bonds. The van der Waals surface area contributed by atoms with Crippen molar-refractivity contribution in [1.82, 2.24) is 10.1 Å². The fraction of sp³-hybridized carbons (Fsp3) is 0.235. The van der Waals surface area contributed by atoms with Crippen LogP contribution in [0.2, 0.25) is 0 Å². The smallest absolute Gasteiger partial charge is 0.414 e. The summed E-state index contributed by atoms with van der Waals surface area (Å²) in [6.07, 6.45) is 0.238. The van der Waals surface area contributed by atoms with E-state index in [-0.39, 0.29) is 19.0 Å². The van der Waals surface area contributed by atoms with E-state index in [0.29, 0.717) is 22.5 Å².